The van der Waals surface area contributed by atoms with Crippen LogP contribution in [-0.4, -0.2) is 30.6 Å². The van der Waals surface area contributed by atoms with Gasteiger partial charge in [-0.25, -0.2) is 0 Å². The van der Waals surface area contributed by atoms with E-state index >= 15 is 0 Å². The van der Waals surface area contributed by atoms with Crippen molar-refractivity contribution in [3.8, 4) is 0 Å². The molecule has 4 heteroatoms. The molecule has 2 rings (SSSR count). The summed E-state index contributed by atoms with van der Waals surface area (Å²) in [4.78, 5) is 2.58. The minimum Gasteiger partial charge on any atom is -0.382 e. The molecule has 0 aliphatic carbocycles. The molecule has 1 N–H and O–H groups in total. The van der Waals surface area contributed by atoms with Crippen molar-refractivity contribution in [2.45, 2.75) is 38.6 Å². The van der Waals surface area contributed by atoms with Crippen LogP contribution in [-0.2, 0) is 0 Å². The van der Waals surface area contributed by atoms with Gasteiger partial charge < -0.3 is 10.2 Å². The molecule has 1 aliphatic heterocycles. The van der Waals surface area contributed by atoms with Crippen LogP contribution in [0.1, 0.15) is 32.6 Å². The average molecular weight is 346 g/mol. The molecule has 106 valence electrons. The molecule has 1 heterocycles. The van der Waals surface area contributed by atoms with Gasteiger partial charge in [0.25, 0.3) is 0 Å². The number of rotatable bonds is 4. The standard InChI is InChI=1S/C15H22BrClN2/c1-2-8-19-9-3-4-12(7-10-19)18-13-5-6-15(17)14(16)11-13/h5-6,11-12,18H,2-4,7-10H2,1H3. The second-order valence-corrected chi connectivity index (χ2v) is 6.50. The maximum Gasteiger partial charge on any atom is 0.0549 e. The smallest absolute Gasteiger partial charge is 0.0549 e. The quantitative estimate of drug-likeness (QED) is 0.845. The van der Waals surface area contributed by atoms with Gasteiger partial charge in [0.2, 0.25) is 0 Å². The number of benzene rings is 1. The number of nitrogens with one attached hydrogen (secondary N) is 1. The molecule has 0 saturated carbocycles. The van der Waals surface area contributed by atoms with Crippen LogP contribution in [0, 0.1) is 0 Å². The molecule has 0 amide bonds. The van der Waals surface area contributed by atoms with Crippen molar-refractivity contribution < 1.29 is 0 Å². The number of anilines is 1. The summed E-state index contributed by atoms with van der Waals surface area (Å²) in [6, 6.07) is 6.64. The van der Waals surface area contributed by atoms with Gasteiger partial charge in [-0.05, 0) is 72.9 Å². The number of nitrogens with zero attached hydrogens (tertiary/aromatic N) is 1. The first kappa shape index (κ1) is 15.1. The highest BCUT2D eigenvalue weighted by Gasteiger charge is 2.16. The summed E-state index contributed by atoms with van der Waals surface area (Å²) in [7, 11) is 0. The SMILES string of the molecule is CCCN1CCCC(Nc2ccc(Cl)c(Br)c2)CC1. The lowest BCUT2D eigenvalue weighted by atomic mass is 10.1. The van der Waals surface area contributed by atoms with E-state index in [0.717, 1.165) is 15.2 Å². The summed E-state index contributed by atoms with van der Waals surface area (Å²) < 4.78 is 0.959. The van der Waals surface area contributed by atoms with Crippen molar-refractivity contribution in [1.82, 2.24) is 4.90 Å². The van der Waals surface area contributed by atoms with E-state index in [0.29, 0.717) is 6.04 Å². The Kier molecular flexibility index (Phi) is 5.99. The monoisotopic (exact) mass is 344 g/mol. The van der Waals surface area contributed by atoms with Crippen LogP contribution < -0.4 is 5.32 Å². The molecule has 0 aromatic heterocycles. The lowest BCUT2D eigenvalue weighted by molar-refractivity contribution is 0.285. The van der Waals surface area contributed by atoms with E-state index in [1.807, 2.05) is 6.07 Å². The van der Waals surface area contributed by atoms with E-state index in [1.165, 1.54) is 45.3 Å². The van der Waals surface area contributed by atoms with Crippen LogP contribution in [0.5, 0.6) is 0 Å². The van der Waals surface area contributed by atoms with Gasteiger partial charge in [-0.1, -0.05) is 18.5 Å². The molecule has 2 nitrogen and oxygen atoms in total. The van der Waals surface area contributed by atoms with E-state index in [9.17, 15) is 0 Å². The van der Waals surface area contributed by atoms with Gasteiger partial charge in [-0.3, -0.25) is 0 Å². The Balaban J connectivity index is 1.90. The molecule has 1 unspecified atom stereocenters. The summed E-state index contributed by atoms with van der Waals surface area (Å²) >= 11 is 9.50. The zero-order valence-corrected chi connectivity index (χ0v) is 13.8. The molecule has 1 aromatic carbocycles. The normalized spacial score (nSPS) is 21.1. The number of hydrogen-bond donors (Lipinski definition) is 1. The first-order chi connectivity index (χ1) is 9.19. The predicted octanol–water partition coefficient (Wildman–Crippen LogP) is 4.78. The molecule has 1 aromatic rings. The Morgan fingerprint density at radius 1 is 1.37 bits per heavy atom. The molecule has 1 atom stereocenters. The molecule has 0 bridgehead atoms. The molecule has 0 radical (unpaired) electrons. The minimum absolute atomic E-state index is 0.579. The van der Waals surface area contributed by atoms with Gasteiger partial charge >= 0.3 is 0 Å². The Hall–Kier alpha value is -0.250. The lowest BCUT2D eigenvalue weighted by Gasteiger charge is -2.20. The number of likely N-dealkylation sites (tertiary alicyclic amines) is 1. The first-order valence-electron chi connectivity index (χ1n) is 7.13. The molecular formula is C15H22BrClN2. The van der Waals surface area contributed by atoms with E-state index in [1.54, 1.807) is 0 Å². The Morgan fingerprint density at radius 3 is 2.95 bits per heavy atom. The lowest BCUT2D eigenvalue weighted by Crippen LogP contribution is -2.27. The van der Waals surface area contributed by atoms with Crippen molar-refractivity contribution in [2.24, 2.45) is 0 Å². The number of hydrogen-bond acceptors (Lipinski definition) is 2. The van der Waals surface area contributed by atoms with E-state index in [-0.39, 0.29) is 0 Å². The Morgan fingerprint density at radius 2 is 2.21 bits per heavy atom. The van der Waals surface area contributed by atoms with Crippen molar-refractivity contribution in [3.05, 3.63) is 27.7 Å². The summed E-state index contributed by atoms with van der Waals surface area (Å²) in [5.41, 5.74) is 1.16. The van der Waals surface area contributed by atoms with Crippen LogP contribution in [0.15, 0.2) is 22.7 Å². The zero-order valence-electron chi connectivity index (χ0n) is 11.5. The van der Waals surface area contributed by atoms with E-state index in [2.05, 4.69) is 45.2 Å². The second-order valence-electron chi connectivity index (χ2n) is 5.24. The fourth-order valence-corrected chi connectivity index (χ4v) is 3.16. The molecular weight excluding hydrogens is 324 g/mol. The third-order valence-corrected chi connectivity index (χ3v) is 4.86. The van der Waals surface area contributed by atoms with Gasteiger partial charge in [0.15, 0.2) is 0 Å². The molecule has 1 aliphatic rings. The van der Waals surface area contributed by atoms with Crippen LogP contribution >= 0.6 is 27.5 Å². The summed E-state index contributed by atoms with van der Waals surface area (Å²) in [6.07, 6.45) is 5.01. The van der Waals surface area contributed by atoms with Crippen LogP contribution in [0.2, 0.25) is 5.02 Å². The van der Waals surface area contributed by atoms with Gasteiger partial charge in [0.1, 0.15) is 0 Å². The summed E-state index contributed by atoms with van der Waals surface area (Å²) in [5, 5.41) is 4.40. The van der Waals surface area contributed by atoms with Gasteiger partial charge in [-0.2, -0.15) is 0 Å². The largest absolute Gasteiger partial charge is 0.382 e. The van der Waals surface area contributed by atoms with Gasteiger partial charge in [0, 0.05) is 22.7 Å². The first-order valence-corrected chi connectivity index (χ1v) is 8.30. The summed E-state index contributed by atoms with van der Waals surface area (Å²) in [5.74, 6) is 0. The predicted molar refractivity (Wildman–Crippen MR) is 87.1 cm³/mol. The average Bonchev–Trinajstić information content (AvgIpc) is 2.60. The maximum atomic E-state index is 6.02. The van der Waals surface area contributed by atoms with Crippen molar-refractivity contribution in [3.63, 3.8) is 0 Å². The van der Waals surface area contributed by atoms with Crippen LogP contribution in [0.25, 0.3) is 0 Å². The van der Waals surface area contributed by atoms with Gasteiger partial charge in [0.05, 0.1) is 5.02 Å². The van der Waals surface area contributed by atoms with Crippen molar-refractivity contribution in [2.75, 3.05) is 25.0 Å². The zero-order chi connectivity index (χ0) is 13.7. The van der Waals surface area contributed by atoms with E-state index in [4.69, 9.17) is 11.6 Å². The van der Waals surface area contributed by atoms with Gasteiger partial charge in [-0.15, -0.1) is 0 Å². The molecule has 1 saturated heterocycles. The van der Waals surface area contributed by atoms with Crippen LogP contribution in [0.3, 0.4) is 0 Å². The highest BCUT2D eigenvalue weighted by Crippen LogP contribution is 2.26. The Bertz CT molecular complexity index is 411. The van der Waals surface area contributed by atoms with Crippen LogP contribution in [0.4, 0.5) is 5.69 Å². The fourth-order valence-electron chi connectivity index (χ4n) is 2.66. The maximum absolute atomic E-state index is 6.02. The molecule has 19 heavy (non-hydrogen) atoms. The summed E-state index contributed by atoms with van der Waals surface area (Å²) in [6.45, 7) is 5.95. The second kappa shape index (κ2) is 7.51. The Labute approximate surface area is 129 Å². The topological polar surface area (TPSA) is 15.3 Å². The highest BCUT2D eigenvalue weighted by atomic mass is 79.9. The fraction of sp³-hybridized carbons (Fsp3) is 0.600. The molecule has 1 fully saturated rings. The van der Waals surface area contributed by atoms with Crippen molar-refractivity contribution in [1.29, 1.82) is 0 Å². The van der Waals surface area contributed by atoms with E-state index < -0.39 is 0 Å². The third-order valence-electron chi connectivity index (χ3n) is 3.65. The molecule has 0 spiro atoms. The minimum atomic E-state index is 0.579. The third kappa shape index (κ3) is 4.66. The highest BCUT2D eigenvalue weighted by molar-refractivity contribution is 9.10. The number of halogens is 2. The van der Waals surface area contributed by atoms with Crippen molar-refractivity contribution >= 4 is 33.2 Å².